The predicted molar refractivity (Wildman–Crippen MR) is 96.3 cm³/mol. The Balaban J connectivity index is 1.72. The molecule has 0 radical (unpaired) electrons. The van der Waals surface area contributed by atoms with Gasteiger partial charge >= 0.3 is 0 Å². The van der Waals surface area contributed by atoms with Crippen LogP contribution >= 0.6 is 11.3 Å². The zero-order valence-corrected chi connectivity index (χ0v) is 15.5. The number of amides is 2. The molecule has 2 N–H and O–H groups in total. The first-order chi connectivity index (χ1) is 11.7. The summed E-state index contributed by atoms with van der Waals surface area (Å²) in [5, 5.41) is 5.93. The molecule has 3 rings (SSSR count). The van der Waals surface area contributed by atoms with Crippen molar-refractivity contribution in [1.82, 2.24) is 10.3 Å². The third-order valence-corrected chi connectivity index (χ3v) is 4.64. The average Bonchev–Trinajstić information content (AvgIpc) is 2.92. The van der Waals surface area contributed by atoms with E-state index in [0.29, 0.717) is 29.8 Å². The van der Waals surface area contributed by atoms with Crippen molar-refractivity contribution >= 4 is 38.5 Å². The maximum atomic E-state index is 12.3. The number of carbonyl (C=O) groups excluding carboxylic acids is 2. The Morgan fingerprint density at radius 1 is 1.20 bits per heavy atom. The first-order valence-electron chi connectivity index (χ1n) is 8.06. The minimum absolute atomic E-state index is 0.179. The molecule has 2 aromatic rings. The summed E-state index contributed by atoms with van der Waals surface area (Å²) in [7, 11) is 0. The number of fused-ring (bicyclic) bond motifs is 2. The maximum Gasteiger partial charge on any atom is 0.248 e. The Bertz CT molecular complexity index is 782. The Morgan fingerprint density at radius 2 is 1.84 bits per heavy atom. The van der Waals surface area contributed by atoms with E-state index in [1.807, 2.05) is 6.07 Å². The van der Waals surface area contributed by atoms with Gasteiger partial charge in [0.25, 0.3) is 0 Å². The highest BCUT2D eigenvalue weighted by Crippen LogP contribution is 2.37. The quantitative estimate of drug-likeness (QED) is 0.875. The summed E-state index contributed by atoms with van der Waals surface area (Å²) in [4.78, 5) is 28.7. The van der Waals surface area contributed by atoms with Crippen molar-refractivity contribution in [3.05, 3.63) is 12.1 Å². The zero-order valence-electron chi connectivity index (χ0n) is 14.6. The first-order valence-corrected chi connectivity index (χ1v) is 8.88. The Labute approximate surface area is 149 Å². The SMILES string of the molecule is CC(NC(=O)C(C)(C)C)C(=O)Nc1nc2cc3c(cc2s1)OCCO3. The lowest BCUT2D eigenvalue weighted by atomic mass is 9.95. The molecule has 2 heterocycles. The van der Waals surface area contributed by atoms with Crippen LogP contribution in [0.25, 0.3) is 10.2 Å². The van der Waals surface area contributed by atoms with Gasteiger partial charge in [-0.05, 0) is 6.92 Å². The van der Waals surface area contributed by atoms with Gasteiger partial charge in [0, 0.05) is 17.5 Å². The summed E-state index contributed by atoms with van der Waals surface area (Å²) < 4.78 is 12.0. The molecule has 1 aromatic heterocycles. The Morgan fingerprint density at radius 3 is 2.48 bits per heavy atom. The van der Waals surface area contributed by atoms with Crippen LogP contribution in [-0.4, -0.2) is 36.1 Å². The fraction of sp³-hybridized carbons (Fsp3) is 0.471. The van der Waals surface area contributed by atoms with E-state index in [4.69, 9.17) is 9.47 Å². The Kier molecular flexibility index (Phi) is 4.55. The summed E-state index contributed by atoms with van der Waals surface area (Å²) in [5.41, 5.74) is 0.180. The monoisotopic (exact) mass is 363 g/mol. The summed E-state index contributed by atoms with van der Waals surface area (Å²) in [5.74, 6) is 0.856. The molecule has 1 aliphatic rings. The van der Waals surface area contributed by atoms with Crippen LogP contribution in [0.2, 0.25) is 0 Å². The number of benzene rings is 1. The molecule has 8 heteroatoms. The van der Waals surface area contributed by atoms with Crippen molar-refractivity contribution < 1.29 is 19.1 Å². The van der Waals surface area contributed by atoms with E-state index in [0.717, 1.165) is 10.2 Å². The number of thiazole rings is 1. The van der Waals surface area contributed by atoms with Crippen molar-refractivity contribution in [1.29, 1.82) is 0 Å². The number of hydrogen-bond donors (Lipinski definition) is 2. The van der Waals surface area contributed by atoms with Crippen molar-refractivity contribution in [3.8, 4) is 11.5 Å². The molecule has 0 aliphatic carbocycles. The molecule has 134 valence electrons. The molecule has 0 saturated heterocycles. The van der Waals surface area contributed by atoms with Crippen LogP contribution in [-0.2, 0) is 9.59 Å². The van der Waals surface area contributed by atoms with Crippen molar-refractivity contribution in [3.63, 3.8) is 0 Å². The van der Waals surface area contributed by atoms with Gasteiger partial charge in [-0.3, -0.25) is 9.59 Å². The number of anilines is 1. The minimum atomic E-state index is -0.654. The van der Waals surface area contributed by atoms with Crippen LogP contribution in [0.1, 0.15) is 27.7 Å². The lowest BCUT2D eigenvalue weighted by Gasteiger charge is -2.21. The summed E-state index contributed by atoms with van der Waals surface area (Å²) in [6.07, 6.45) is 0. The lowest BCUT2D eigenvalue weighted by molar-refractivity contribution is -0.131. The molecule has 1 unspecified atom stereocenters. The molecule has 1 atom stereocenters. The third-order valence-electron chi connectivity index (χ3n) is 3.70. The highest BCUT2D eigenvalue weighted by atomic mass is 32.1. The number of nitrogens with one attached hydrogen (secondary N) is 2. The van der Waals surface area contributed by atoms with Gasteiger partial charge in [0.1, 0.15) is 19.3 Å². The van der Waals surface area contributed by atoms with Gasteiger partial charge < -0.3 is 20.1 Å². The van der Waals surface area contributed by atoms with Gasteiger partial charge in [-0.25, -0.2) is 4.98 Å². The number of nitrogens with zero attached hydrogens (tertiary/aromatic N) is 1. The van der Waals surface area contributed by atoms with Gasteiger partial charge in [-0.2, -0.15) is 0 Å². The summed E-state index contributed by atoms with van der Waals surface area (Å²) in [6, 6.07) is 3.02. The van der Waals surface area contributed by atoms with Gasteiger partial charge in [-0.15, -0.1) is 0 Å². The molecule has 1 aromatic carbocycles. The second-order valence-electron chi connectivity index (χ2n) is 6.92. The topological polar surface area (TPSA) is 89.6 Å². The summed E-state index contributed by atoms with van der Waals surface area (Å²) in [6.45, 7) is 8.07. The highest BCUT2D eigenvalue weighted by molar-refractivity contribution is 7.22. The second kappa shape index (κ2) is 6.51. The number of rotatable bonds is 3. The van der Waals surface area contributed by atoms with E-state index < -0.39 is 11.5 Å². The minimum Gasteiger partial charge on any atom is -0.486 e. The summed E-state index contributed by atoms with van der Waals surface area (Å²) >= 11 is 1.35. The van der Waals surface area contributed by atoms with E-state index in [1.54, 1.807) is 33.8 Å². The first kappa shape index (κ1) is 17.5. The van der Waals surface area contributed by atoms with Crippen LogP contribution in [0.4, 0.5) is 5.13 Å². The van der Waals surface area contributed by atoms with Crippen LogP contribution in [0.15, 0.2) is 12.1 Å². The van der Waals surface area contributed by atoms with Gasteiger partial charge in [-0.1, -0.05) is 32.1 Å². The molecule has 7 nitrogen and oxygen atoms in total. The standard InChI is InChI=1S/C17H21N3O4S/c1-9(18-15(22)17(2,3)4)14(21)20-16-19-10-7-11-12(8-13(10)25-16)24-6-5-23-11/h7-9H,5-6H2,1-4H3,(H,18,22)(H,19,20,21). The molecule has 2 amide bonds. The molecular weight excluding hydrogens is 342 g/mol. The molecule has 25 heavy (non-hydrogen) atoms. The van der Waals surface area contributed by atoms with E-state index in [2.05, 4.69) is 15.6 Å². The van der Waals surface area contributed by atoms with E-state index >= 15 is 0 Å². The van der Waals surface area contributed by atoms with Crippen LogP contribution in [0.3, 0.4) is 0 Å². The fourth-order valence-corrected chi connectivity index (χ4v) is 3.09. The third kappa shape index (κ3) is 3.84. The average molecular weight is 363 g/mol. The molecule has 0 fully saturated rings. The lowest BCUT2D eigenvalue weighted by Crippen LogP contribution is -2.46. The van der Waals surface area contributed by atoms with Crippen LogP contribution in [0, 0.1) is 5.41 Å². The van der Waals surface area contributed by atoms with Gasteiger partial charge in [0.15, 0.2) is 16.6 Å². The fourth-order valence-electron chi connectivity index (χ4n) is 2.21. The van der Waals surface area contributed by atoms with E-state index in [-0.39, 0.29) is 11.8 Å². The smallest absolute Gasteiger partial charge is 0.248 e. The van der Waals surface area contributed by atoms with Crippen molar-refractivity contribution in [2.24, 2.45) is 5.41 Å². The highest BCUT2D eigenvalue weighted by Gasteiger charge is 2.25. The second-order valence-corrected chi connectivity index (χ2v) is 7.95. The number of carbonyl (C=O) groups is 2. The van der Waals surface area contributed by atoms with Gasteiger partial charge in [0.2, 0.25) is 11.8 Å². The van der Waals surface area contributed by atoms with Crippen molar-refractivity contribution in [2.75, 3.05) is 18.5 Å². The van der Waals surface area contributed by atoms with Crippen LogP contribution < -0.4 is 20.1 Å². The Hall–Kier alpha value is -2.35. The van der Waals surface area contributed by atoms with E-state index in [9.17, 15) is 9.59 Å². The maximum absolute atomic E-state index is 12.3. The molecular formula is C17H21N3O4S. The molecule has 0 saturated carbocycles. The number of aromatic nitrogens is 1. The van der Waals surface area contributed by atoms with Crippen molar-refractivity contribution in [2.45, 2.75) is 33.7 Å². The van der Waals surface area contributed by atoms with E-state index in [1.165, 1.54) is 11.3 Å². The largest absolute Gasteiger partial charge is 0.486 e. The van der Waals surface area contributed by atoms with Gasteiger partial charge in [0.05, 0.1) is 10.2 Å². The number of ether oxygens (including phenoxy) is 2. The van der Waals surface area contributed by atoms with Crippen LogP contribution in [0.5, 0.6) is 11.5 Å². The molecule has 0 spiro atoms. The normalized spacial score (nSPS) is 14.9. The number of hydrogen-bond acceptors (Lipinski definition) is 6. The predicted octanol–water partition coefficient (Wildman–Crippen LogP) is 2.56. The molecule has 1 aliphatic heterocycles. The molecule has 0 bridgehead atoms. The zero-order chi connectivity index (χ0) is 18.2.